The van der Waals surface area contributed by atoms with Crippen LogP contribution in [0, 0.1) is 6.92 Å². The Balaban J connectivity index is 1.79. The molecule has 7 heteroatoms. The van der Waals surface area contributed by atoms with Gasteiger partial charge in [-0.15, -0.1) is 10.2 Å². The molecule has 1 aromatic heterocycles. The fourth-order valence-corrected chi connectivity index (χ4v) is 2.57. The highest BCUT2D eigenvalue weighted by Gasteiger charge is 2.09. The number of hydrogen-bond acceptors (Lipinski definition) is 5. The normalized spacial score (nSPS) is 10.4. The molecule has 0 aliphatic heterocycles. The number of hydrogen-bond donors (Lipinski definition) is 2. The van der Waals surface area contributed by atoms with Crippen molar-refractivity contribution >= 4 is 28.3 Å². The smallest absolute Gasteiger partial charge is 0.303 e. The van der Waals surface area contributed by atoms with Crippen LogP contribution >= 0.6 is 11.3 Å². The Labute approximate surface area is 132 Å². The number of aryl methyl sites for hydroxylation is 3. The average molecular weight is 319 g/mol. The molecule has 0 aliphatic rings. The third-order valence-corrected chi connectivity index (χ3v) is 3.93. The first-order valence-corrected chi connectivity index (χ1v) is 7.74. The van der Waals surface area contributed by atoms with Gasteiger partial charge in [0, 0.05) is 12.8 Å². The summed E-state index contributed by atoms with van der Waals surface area (Å²) in [6.45, 7) is 2.02. The molecule has 1 heterocycles. The number of carbonyl (C=O) groups excluding carboxylic acids is 1. The van der Waals surface area contributed by atoms with Crippen LogP contribution in [0.1, 0.15) is 29.0 Å². The largest absolute Gasteiger partial charge is 0.481 e. The molecular weight excluding hydrogens is 302 g/mol. The summed E-state index contributed by atoms with van der Waals surface area (Å²) in [5, 5.41) is 20.0. The van der Waals surface area contributed by atoms with E-state index in [-0.39, 0.29) is 12.3 Å². The van der Waals surface area contributed by atoms with Crippen molar-refractivity contribution in [2.75, 3.05) is 5.32 Å². The molecule has 0 spiro atoms. The second kappa shape index (κ2) is 7.65. The van der Waals surface area contributed by atoms with Crippen molar-refractivity contribution in [3.8, 4) is 0 Å². The monoisotopic (exact) mass is 319 g/mol. The Morgan fingerprint density at radius 3 is 2.55 bits per heavy atom. The minimum atomic E-state index is -0.876. The van der Waals surface area contributed by atoms with Crippen LogP contribution in [0.2, 0.25) is 0 Å². The van der Waals surface area contributed by atoms with Gasteiger partial charge in [0.25, 0.3) is 0 Å². The van der Waals surface area contributed by atoms with Crippen molar-refractivity contribution in [2.45, 2.75) is 32.6 Å². The van der Waals surface area contributed by atoms with Gasteiger partial charge in [-0.25, -0.2) is 0 Å². The molecule has 0 saturated heterocycles. The van der Waals surface area contributed by atoms with E-state index in [2.05, 4.69) is 15.5 Å². The minimum absolute atomic E-state index is 0.00992. The third-order valence-electron chi connectivity index (χ3n) is 3.03. The van der Waals surface area contributed by atoms with Gasteiger partial charge in [-0.2, -0.15) is 0 Å². The standard InChI is InChI=1S/C15H17N3O3S/c1-10-2-4-11(5-3-10)6-7-12(19)16-15-18-17-13(22-15)8-9-14(20)21/h2-5H,6-9H2,1H3,(H,20,21)(H,16,18,19). The number of aromatic nitrogens is 2. The quantitative estimate of drug-likeness (QED) is 0.817. The van der Waals surface area contributed by atoms with Gasteiger partial charge in [0.05, 0.1) is 6.42 Å². The zero-order chi connectivity index (χ0) is 15.9. The van der Waals surface area contributed by atoms with Crippen molar-refractivity contribution < 1.29 is 14.7 Å². The van der Waals surface area contributed by atoms with Crippen LogP contribution < -0.4 is 5.32 Å². The lowest BCUT2D eigenvalue weighted by molar-refractivity contribution is -0.137. The molecule has 0 saturated carbocycles. The number of benzene rings is 1. The van der Waals surface area contributed by atoms with E-state index in [9.17, 15) is 9.59 Å². The lowest BCUT2D eigenvalue weighted by Crippen LogP contribution is -2.12. The van der Waals surface area contributed by atoms with Gasteiger partial charge in [0.2, 0.25) is 11.0 Å². The third kappa shape index (κ3) is 5.25. The second-order valence-electron chi connectivity index (χ2n) is 4.93. The van der Waals surface area contributed by atoms with E-state index in [0.717, 1.165) is 5.56 Å². The molecule has 0 fully saturated rings. The number of carboxylic acid groups (broad SMARTS) is 1. The van der Waals surface area contributed by atoms with Gasteiger partial charge < -0.3 is 10.4 Å². The number of amides is 1. The Kier molecular flexibility index (Phi) is 5.60. The summed E-state index contributed by atoms with van der Waals surface area (Å²) in [5.41, 5.74) is 2.30. The molecule has 116 valence electrons. The van der Waals surface area contributed by atoms with Crippen LogP contribution in [0.3, 0.4) is 0 Å². The Bertz CT molecular complexity index is 652. The molecule has 0 radical (unpaired) electrons. The summed E-state index contributed by atoms with van der Waals surface area (Å²) in [6.07, 6.45) is 1.37. The fourth-order valence-electron chi connectivity index (χ4n) is 1.81. The van der Waals surface area contributed by atoms with E-state index in [4.69, 9.17) is 5.11 Å². The molecule has 6 nitrogen and oxygen atoms in total. The number of anilines is 1. The van der Waals surface area contributed by atoms with E-state index in [1.165, 1.54) is 16.9 Å². The number of aliphatic carboxylic acids is 1. The number of carbonyl (C=O) groups is 2. The first-order valence-electron chi connectivity index (χ1n) is 6.92. The van der Waals surface area contributed by atoms with E-state index in [1.54, 1.807) is 0 Å². The summed E-state index contributed by atoms with van der Waals surface area (Å²) in [7, 11) is 0. The summed E-state index contributed by atoms with van der Waals surface area (Å²) in [6, 6.07) is 8.06. The van der Waals surface area contributed by atoms with Crippen LogP contribution in [0.25, 0.3) is 0 Å². The highest BCUT2D eigenvalue weighted by molar-refractivity contribution is 7.15. The predicted molar refractivity (Wildman–Crippen MR) is 84.0 cm³/mol. The van der Waals surface area contributed by atoms with Crippen molar-refractivity contribution in [1.82, 2.24) is 10.2 Å². The Morgan fingerprint density at radius 1 is 1.14 bits per heavy atom. The molecule has 2 N–H and O–H groups in total. The van der Waals surface area contributed by atoms with Crippen LogP contribution in [0.5, 0.6) is 0 Å². The summed E-state index contributed by atoms with van der Waals surface area (Å²) >= 11 is 1.21. The van der Waals surface area contributed by atoms with Gasteiger partial charge in [0.15, 0.2) is 0 Å². The van der Waals surface area contributed by atoms with Crippen molar-refractivity contribution in [2.24, 2.45) is 0 Å². The van der Waals surface area contributed by atoms with Crippen LogP contribution in [-0.4, -0.2) is 27.2 Å². The lowest BCUT2D eigenvalue weighted by Gasteiger charge is -2.02. The maximum Gasteiger partial charge on any atom is 0.303 e. The first-order chi connectivity index (χ1) is 10.5. The van der Waals surface area contributed by atoms with Crippen molar-refractivity contribution in [3.63, 3.8) is 0 Å². The molecule has 2 rings (SSSR count). The molecule has 1 amide bonds. The average Bonchev–Trinajstić information content (AvgIpc) is 2.92. The molecule has 1 aromatic carbocycles. The Morgan fingerprint density at radius 2 is 1.86 bits per heavy atom. The summed E-state index contributed by atoms with van der Waals surface area (Å²) < 4.78 is 0. The number of nitrogens with zero attached hydrogens (tertiary/aromatic N) is 2. The highest BCUT2D eigenvalue weighted by atomic mass is 32.1. The molecule has 0 aliphatic carbocycles. The molecule has 2 aromatic rings. The van der Waals surface area contributed by atoms with Gasteiger partial charge in [-0.1, -0.05) is 41.2 Å². The summed E-state index contributed by atoms with van der Waals surface area (Å²) in [5.74, 6) is -1.000. The van der Waals surface area contributed by atoms with E-state index in [1.807, 2.05) is 31.2 Å². The van der Waals surface area contributed by atoms with E-state index >= 15 is 0 Å². The molecule has 0 bridgehead atoms. The van der Waals surface area contributed by atoms with Crippen LogP contribution in [-0.2, 0) is 22.4 Å². The number of rotatable bonds is 7. The molecular formula is C15H17N3O3S. The first kappa shape index (κ1) is 16.1. The molecule has 0 atom stereocenters. The van der Waals surface area contributed by atoms with Gasteiger partial charge >= 0.3 is 5.97 Å². The second-order valence-corrected chi connectivity index (χ2v) is 5.99. The number of nitrogens with one attached hydrogen (secondary N) is 1. The Hall–Kier alpha value is -2.28. The van der Waals surface area contributed by atoms with Crippen molar-refractivity contribution in [1.29, 1.82) is 0 Å². The topological polar surface area (TPSA) is 92.2 Å². The van der Waals surface area contributed by atoms with Gasteiger partial charge in [-0.3, -0.25) is 9.59 Å². The van der Waals surface area contributed by atoms with Crippen molar-refractivity contribution in [3.05, 3.63) is 40.4 Å². The summed E-state index contributed by atoms with van der Waals surface area (Å²) in [4.78, 5) is 22.3. The zero-order valence-electron chi connectivity index (χ0n) is 12.2. The van der Waals surface area contributed by atoms with Gasteiger partial charge in [0.1, 0.15) is 5.01 Å². The van der Waals surface area contributed by atoms with E-state index < -0.39 is 5.97 Å². The molecule has 0 unspecified atom stereocenters. The van der Waals surface area contributed by atoms with Gasteiger partial charge in [-0.05, 0) is 18.9 Å². The highest BCUT2D eigenvalue weighted by Crippen LogP contribution is 2.17. The van der Waals surface area contributed by atoms with Crippen LogP contribution in [0.15, 0.2) is 24.3 Å². The molecule has 22 heavy (non-hydrogen) atoms. The lowest BCUT2D eigenvalue weighted by atomic mass is 10.1. The van der Waals surface area contributed by atoms with E-state index in [0.29, 0.717) is 29.4 Å². The zero-order valence-corrected chi connectivity index (χ0v) is 13.0. The fraction of sp³-hybridized carbons (Fsp3) is 0.333. The minimum Gasteiger partial charge on any atom is -0.481 e. The maximum atomic E-state index is 11.9. The predicted octanol–water partition coefficient (Wildman–Crippen LogP) is 2.44. The SMILES string of the molecule is Cc1ccc(CCC(=O)Nc2nnc(CCC(=O)O)s2)cc1. The maximum absolute atomic E-state index is 11.9. The van der Waals surface area contributed by atoms with Crippen LogP contribution in [0.4, 0.5) is 5.13 Å². The number of carboxylic acids is 1.